The Balaban J connectivity index is 2.01. The quantitative estimate of drug-likeness (QED) is 0.666. The molecule has 0 bridgehead atoms. The van der Waals surface area contributed by atoms with Crippen molar-refractivity contribution < 1.29 is 9.72 Å². The lowest BCUT2D eigenvalue weighted by Gasteiger charge is -2.31. The van der Waals surface area contributed by atoms with Gasteiger partial charge in [0.2, 0.25) is 5.91 Å². The summed E-state index contributed by atoms with van der Waals surface area (Å²) in [6.07, 6.45) is 5.75. The first kappa shape index (κ1) is 17.2. The van der Waals surface area contributed by atoms with E-state index < -0.39 is 4.92 Å². The topological polar surface area (TPSA) is 75.5 Å². The van der Waals surface area contributed by atoms with E-state index in [2.05, 4.69) is 5.32 Å². The minimum absolute atomic E-state index is 0.0273. The maximum Gasteiger partial charge on any atom is 0.274 e. The monoisotopic (exact) mass is 319 g/mol. The third kappa shape index (κ3) is 4.21. The van der Waals surface area contributed by atoms with Gasteiger partial charge in [-0.15, -0.1) is 0 Å². The van der Waals surface area contributed by atoms with Crippen LogP contribution in [0.25, 0.3) is 0 Å². The molecule has 1 aromatic rings. The van der Waals surface area contributed by atoms with Crippen LogP contribution < -0.4 is 5.32 Å². The number of carbonyl (C=O) groups excluding carboxylic acids is 1. The minimum atomic E-state index is -0.393. The van der Waals surface area contributed by atoms with E-state index in [1.165, 1.54) is 25.3 Å². The first-order valence-corrected chi connectivity index (χ1v) is 8.15. The summed E-state index contributed by atoms with van der Waals surface area (Å²) >= 11 is 0. The van der Waals surface area contributed by atoms with Crippen LogP contribution in [0.4, 0.5) is 11.4 Å². The number of benzene rings is 1. The van der Waals surface area contributed by atoms with Crippen molar-refractivity contribution in [2.24, 2.45) is 0 Å². The van der Waals surface area contributed by atoms with Gasteiger partial charge in [0.15, 0.2) is 0 Å². The van der Waals surface area contributed by atoms with Gasteiger partial charge in [-0.3, -0.25) is 14.9 Å². The molecule has 1 aliphatic carbocycles. The van der Waals surface area contributed by atoms with Crippen molar-refractivity contribution in [1.82, 2.24) is 4.90 Å². The first-order chi connectivity index (χ1) is 10.9. The maximum atomic E-state index is 12.3. The van der Waals surface area contributed by atoms with Crippen LogP contribution in [-0.2, 0) is 4.79 Å². The summed E-state index contributed by atoms with van der Waals surface area (Å²) in [7, 11) is 1.85. The van der Waals surface area contributed by atoms with Gasteiger partial charge in [-0.25, -0.2) is 0 Å². The van der Waals surface area contributed by atoms with Crippen LogP contribution in [-0.4, -0.2) is 35.4 Å². The third-order valence-electron chi connectivity index (χ3n) is 4.69. The van der Waals surface area contributed by atoms with E-state index in [4.69, 9.17) is 0 Å². The molecule has 0 radical (unpaired) electrons. The van der Waals surface area contributed by atoms with Crippen LogP contribution in [0.1, 0.15) is 43.2 Å². The average Bonchev–Trinajstić information content (AvgIpc) is 2.53. The molecule has 1 saturated carbocycles. The molecule has 0 atom stereocenters. The second-order valence-electron chi connectivity index (χ2n) is 6.36. The highest BCUT2D eigenvalue weighted by molar-refractivity contribution is 5.81. The number of aryl methyl sites for hydroxylation is 2. The molecule has 0 spiro atoms. The number of anilines is 1. The fourth-order valence-electron chi connectivity index (χ4n) is 3.20. The van der Waals surface area contributed by atoms with Gasteiger partial charge in [-0.2, -0.15) is 0 Å². The molecule has 0 heterocycles. The molecule has 1 fully saturated rings. The van der Waals surface area contributed by atoms with E-state index in [1.54, 1.807) is 13.0 Å². The van der Waals surface area contributed by atoms with Gasteiger partial charge in [0.1, 0.15) is 0 Å². The highest BCUT2D eigenvalue weighted by atomic mass is 16.6. The van der Waals surface area contributed by atoms with Crippen LogP contribution >= 0.6 is 0 Å². The summed E-state index contributed by atoms with van der Waals surface area (Å²) in [6.45, 7) is 3.76. The summed E-state index contributed by atoms with van der Waals surface area (Å²) in [5.74, 6) is 0.0273. The second-order valence-corrected chi connectivity index (χ2v) is 6.36. The lowest BCUT2D eigenvalue weighted by molar-refractivity contribution is -0.385. The highest BCUT2D eigenvalue weighted by Crippen LogP contribution is 2.26. The van der Waals surface area contributed by atoms with Gasteiger partial charge < -0.3 is 10.2 Å². The molecular formula is C17H25N3O3. The van der Waals surface area contributed by atoms with Crippen molar-refractivity contribution in [3.63, 3.8) is 0 Å². The molecule has 0 aromatic heterocycles. The number of nitrogens with one attached hydrogen (secondary N) is 1. The number of rotatable bonds is 5. The predicted octanol–water partition coefficient (Wildman–Crippen LogP) is 3.41. The molecule has 1 aliphatic rings. The zero-order chi connectivity index (χ0) is 17.0. The van der Waals surface area contributed by atoms with Gasteiger partial charge in [0, 0.05) is 30.4 Å². The number of nitro groups is 1. The van der Waals surface area contributed by atoms with E-state index >= 15 is 0 Å². The SMILES string of the molecule is Cc1cc(C)c([N+](=O)[O-])cc1NCC(=O)N(C)C1CCCCC1. The molecule has 23 heavy (non-hydrogen) atoms. The zero-order valence-electron chi connectivity index (χ0n) is 14.1. The van der Waals surface area contributed by atoms with Gasteiger partial charge in [0.05, 0.1) is 11.5 Å². The minimum Gasteiger partial charge on any atom is -0.376 e. The lowest BCUT2D eigenvalue weighted by Crippen LogP contribution is -2.41. The molecule has 6 nitrogen and oxygen atoms in total. The third-order valence-corrected chi connectivity index (χ3v) is 4.69. The second kappa shape index (κ2) is 7.44. The summed E-state index contributed by atoms with van der Waals surface area (Å²) in [5.41, 5.74) is 2.25. The Morgan fingerprint density at radius 2 is 1.91 bits per heavy atom. The van der Waals surface area contributed by atoms with E-state index in [1.807, 2.05) is 18.9 Å². The number of amides is 1. The molecule has 1 aromatic carbocycles. The van der Waals surface area contributed by atoms with Crippen LogP contribution in [0.2, 0.25) is 0 Å². The molecular weight excluding hydrogens is 294 g/mol. The number of likely N-dealkylation sites (N-methyl/N-ethyl adjacent to an activating group) is 1. The number of nitro benzene ring substituents is 1. The van der Waals surface area contributed by atoms with Crippen molar-refractivity contribution >= 4 is 17.3 Å². The van der Waals surface area contributed by atoms with Crippen LogP contribution in [0.5, 0.6) is 0 Å². The van der Waals surface area contributed by atoms with Crippen molar-refractivity contribution in [2.45, 2.75) is 52.0 Å². The molecule has 6 heteroatoms. The van der Waals surface area contributed by atoms with E-state index in [9.17, 15) is 14.9 Å². The molecule has 0 unspecified atom stereocenters. The Bertz CT molecular complexity index is 595. The predicted molar refractivity (Wildman–Crippen MR) is 90.7 cm³/mol. The van der Waals surface area contributed by atoms with Crippen molar-refractivity contribution in [3.05, 3.63) is 33.4 Å². The fraction of sp³-hybridized carbons (Fsp3) is 0.588. The van der Waals surface area contributed by atoms with E-state index in [0.29, 0.717) is 17.3 Å². The number of hydrogen-bond acceptors (Lipinski definition) is 4. The van der Waals surface area contributed by atoms with Crippen LogP contribution in [0, 0.1) is 24.0 Å². The average molecular weight is 319 g/mol. The van der Waals surface area contributed by atoms with Crippen molar-refractivity contribution in [2.75, 3.05) is 18.9 Å². The Kier molecular flexibility index (Phi) is 5.58. The van der Waals surface area contributed by atoms with Gasteiger partial charge in [0.25, 0.3) is 5.69 Å². The molecule has 0 aliphatic heterocycles. The standard InChI is InChI=1S/C17H25N3O3/c1-12-9-13(2)16(20(22)23)10-15(12)18-11-17(21)19(3)14-7-5-4-6-8-14/h9-10,14,18H,4-8,11H2,1-3H3. The zero-order valence-corrected chi connectivity index (χ0v) is 14.1. The van der Waals surface area contributed by atoms with Crippen LogP contribution in [0.15, 0.2) is 12.1 Å². The highest BCUT2D eigenvalue weighted by Gasteiger charge is 2.22. The summed E-state index contributed by atoms with van der Waals surface area (Å²) in [4.78, 5) is 24.8. The van der Waals surface area contributed by atoms with Gasteiger partial charge in [-0.05, 0) is 38.3 Å². The fourth-order valence-corrected chi connectivity index (χ4v) is 3.20. The number of hydrogen-bond donors (Lipinski definition) is 1. The molecule has 1 amide bonds. The Labute approximate surface area is 137 Å². The van der Waals surface area contributed by atoms with Gasteiger partial charge >= 0.3 is 0 Å². The summed E-state index contributed by atoms with van der Waals surface area (Å²) < 4.78 is 0. The number of carbonyl (C=O) groups is 1. The normalized spacial score (nSPS) is 15.3. The van der Waals surface area contributed by atoms with Crippen molar-refractivity contribution in [3.8, 4) is 0 Å². The Morgan fingerprint density at radius 1 is 1.26 bits per heavy atom. The van der Waals surface area contributed by atoms with E-state index in [0.717, 1.165) is 18.4 Å². The first-order valence-electron chi connectivity index (χ1n) is 8.15. The Morgan fingerprint density at radius 3 is 2.52 bits per heavy atom. The van der Waals surface area contributed by atoms with E-state index in [-0.39, 0.29) is 18.1 Å². The smallest absolute Gasteiger partial charge is 0.274 e. The summed E-state index contributed by atoms with van der Waals surface area (Å²) in [6, 6.07) is 3.61. The molecule has 0 saturated heterocycles. The maximum absolute atomic E-state index is 12.3. The Hall–Kier alpha value is -2.11. The number of nitrogens with zero attached hydrogens (tertiary/aromatic N) is 2. The van der Waals surface area contributed by atoms with Crippen LogP contribution in [0.3, 0.4) is 0 Å². The summed E-state index contributed by atoms with van der Waals surface area (Å²) in [5, 5.41) is 14.1. The molecule has 2 rings (SSSR count). The largest absolute Gasteiger partial charge is 0.376 e. The van der Waals surface area contributed by atoms with Crippen molar-refractivity contribution in [1.29, 1.82) is 0 Å². The molecule has 1 N–H and O–H groups in total. The molecule has 126 valence electrons. The lowest BCUT2D eigenvalue weighted by atomic mass is 9.94. The van der Waals surface area contributed by atoms with Gasteiger partial charge in [-0.1, -0.05) is 19.3 Å².